The minimum absolute atomic E-state index is 0.147. The smallest absolute Gasteiger partial charge is 0.287 e. The minimum Gasteiger partial charge on any atom is -0.459 e. The zero-order chi connectivity index (χ0) is 13.9. The third-order valence-electron chi connectivity index (χ3n) is 2.72. The molecule has 0 saturated carbocycles. The van der Waals surface area contributed by atoms with E-state index in [4.69, 9.17) is 4.42 Å². The molecule has 5 nitrogen and oxygen atoms in total. The number of Topliss-reactive ketones (excluding diaryl/α,β-unsaturated/α-hetero) is 2. The standard InChI is InChI=1S/C13H17NO4/c1-8(15)11(9(2)16)13(3,4)14-12(17)10-6-5-7-18-10/h5-7,11H,1-4H3,(H,14,17). The van der Waals surface area contributed by atoms with Crippen molar-refractivity contribution >= 4 is 17.5 Å². The van der Waals surface area contributed by atoms with Crippen LogP contribution in [0.5, 0.6) is 0 Å². The summed E-state index contributed by atoms with van der Waals surface area (Å²) in [5, 5.41) is 2.65. The quantitative estimate of drug-likeness (QED) is 0.806. The number of carbonyl (C=O) groups excluding carboxylic acids is 3. The van der Waals surface area contributed by atoms with Gasteiger partial charge in [-0.25, -0.2) is 0 Å². The van der Waals surface area contributed by atoms with Crippen molar-refractivity contribution in [1.29, 1.82) is 0 Å². The molecule has 1 aromatic rings. The van der Waals surface area contributed by atoms with Crippen LogP contribution in [0.4, 0.5) is 0 Å². The van der Waals surface area contributed by atoms with E-state index in [0.717, 1.165) is 0 Å². The largest absolute Gasteiger partial charge is 0.459 e. The lowest BCUT2D eigenvalue weighted by molar-refractivity contribution is -0.133. The number of ketones is 2. The summed E-state index contributed by atoms with van der Waals surface area (Å²) in [5.74, 6) is -1.71. The molecule has 1 heterocycles. The maximum Gasteiger partial charge on any atom is 0.287 e. The Hall–Kier alpha value is -1.91. The van der Waals surface area contributed by atoms with E-state index in [0.29, 0.717) is 0 Å². The lowest BCUT2D eigenvalue weighted by Gasteiger charge is -2.31. The molecule has 1 aromatic heterocycles. The zero-order valence-corrected chi connectivity index (χ0v) is 10.9. The fourth-order valence-corrected chi connectivity index (χ4v) is 2.14. The predicted molar refractivity (Wildman–Crippen MR) is 65.1 cm³/mol. The van der Waals surface area contributed by atoms with E-state index in [1.165, 1.54) is 26.2 Å². The van der Waals surface area contributed by atoms with Crippen LogP contribution in [0, 0.1) is 5.92 Å². The molecular weight excluding hydrogens is 234 g/mol. The van der Waals surface area contributed by atoms with Gasteiger partial charge in [-0.05, 0) is 39.8 Å². The summed E-state index contributed by atoms with van der Waals surface area (Å²) in [7, 11) is 0. The van der Waals surface area contributed by atoms with Crippen molar-refractivity contribution in [3.63, 3.8) is 0 Å². The van der Waals surface area contributed by atoms with Crippen molar-refractivity contribution in [1.82, 2.24) is 5.32 Å². The second kappa shape index (κ2) is 5.16. The molecule has 1 N–H and O–H groups in total. The van der Waals surface area contributed by atoms with Gasteiger partial charge in [0.25, 0.3) is 5.91 Å². The molecule has 0 aliphatic heterocycles. The van der Waals surface area contributed by atoms with E-state index in [9.17, 15) is 14.4 Å². The molecular formula is C13H17NO4. The molecule has 0 aliphatic rings. The molecule has 0 spiro atoms. The van der Waals surface area contributed by atoms with Crippen LogP contribution in [-0.4, -0.2) is 23.0 Å². The third-order valence-corrected chi connectivity index (χ3v) is 2.72. The molecule has 98 valence electrons. The molecule has 0 atom stereocenters. The Kier molecular flexibility index (Phi) is 4.06. The Morgan fingerprint density at radius 2 is 1.78 bits per heavy atom. The van der Waals surface area contributed by atoms with Gasteiger partial charge < -0.3 is 9.73 Å². The highest BCUT2D eigenvalue weighted by molar-refractivity contribution is 6.02. The van der Waals surface area contributed by atoms with Crippen molar-refractivity contribution < 1.29 is 18.8 Å². The molecule has 0 aliphatic carbocycles. The number of hydrogen-bond acceptors (Lipinski definition) is 4. The maximum atomic E-state index is 11.8. The van der Waals surface area contributed by atoms with Crippen molar-refractivity contribution in [3.8, 4) is 0 Å². The van der Waals surface area contributed by atoms with Crippen LogP contribution in [0.2, 0.25) is 0 Å². The van der Waals surface area contributed by atoms with Crippen LogP contribution in [0.25, 0.3) is 0 Å². The van der Waals surface area contributed by atoms with Gasteiger partial charge in [0.2, 0.25) is 0 Å². The van der Waals surface area contributed by atoms with Crippen LogP contribution in [0.1, 0.15) is 38.2 Å². The second-order valence-corrected chi connectivity index (χ2v) is 4.81. The molecule has 0 fully saturated rings. The van der Waals surface area contributed by atoms with E-state index in [2.05, 4.69) is 5.32 Å². The highest BCUT2D eigenvalue weighted by Crippen LogP contribution is 2.20. The predicted octanol–water partition coefficient (Wildman–Crippen LogP) is 1.58. The van der Waals surface area contributed by atoms with Gasteiger partial charge in [0.15, 0.2) is 5.76 Å². The number of hydrogen-bond donors (Lipinski definition) is 1. The molecule has 0 bridgehead atoms. The summed E-state index contributed by atoms with van der Waals surface area (Å²) in [6, 6.07) is 3.11. The first-order valence-electron chi connectivity index (χ1n) is 5.62. The molecule has 18 heavy (non-hydrogen) atoms. The van der Waals surface area contributed by atoms with Crippen LogP contribution in [0.3, 0.4) is 0 Å². The maximum absolute atomic E-state index is 11.8. The first-order chi connectivity index (χ1) is 8.25. The van der Waals surface area contributed by atoms with Crippen molar-refractivity contribution in [2.24, 2.45) is 5.92 Å². The van der Waals surface area contributed by atoms with Crippen molar-refractivity contribution in [2.45, 2.75) is 33.2 Å². The Bertz CT molecular complexity index is 445. The van der Waals surface area contributed by atoms with Crippen LogP contribution in [-0.2, 0) is 9.59 Å². The highest BCUT2D eigenvalue weighted by atomic mass is 16.3. The average molecular weight is 251 g/mol. The van der Waals surface area contributed by atoms with Gasteiger partial charge in [-0.3, -0.25) is 14.4 Å². The normalized spacial score (nSPS) is 11.4. The van der Waals surface area contributed by atoms with Gasteiger partial charge >= 0.3 is 0 Å². The van der Waals surface area contributed by atoms with E-state index >= 15 is 0 Å². The Morgan fingerprint density at radius 3 is 2.17 bits per heavy atom. The summed E-state index contributed by atoms with van der Waals surface area (Å²) in [6.45, 7) is 5.96. The monoisotopic (exact) mass is 251 g/mol. The topological polar surface area (TPSA) is 76.4 Å². The molecule has 0 saturated heterocycles. The molecule has 0 unspecified atom stereocenters. The number of nitrogens with one attached hydrogen (secondary N) is 1. The molecule has 0 aromatic carbocycles. The zero-order valence-electron chi connectivity index (χ0n) is 10.9. The van der Waals surface area contributed by atoms with Crippen molar-refractivity contribution in [3.05, 3.63) is 24.2 Å². The van der Waals surface area contributed by atoms with Gasteiger partial charge in [-0.1, -0.05) is 0 Å². The van der Waals surface area contributed by atoms with Crippen LogP contribution < -0.4 is 5.32 Å². The molecule has 5 heteroatoms. The number of carbonyl (C=O) groups is 3. The Labute approximate surface area is 106 Å². The Balaban J connectivity index is 2.89. The van der Waals surface area contributed by atoms with Gasteiger partial charge in [0.1, 0.15) is 11.6 Å². The summed E-state index contributed by atoms with van der Waals surface area (Å²) < 4.78 is 4.96. The summed E-state index contributed by atoms with van der Waals surface area (Å²) in [4.78, 5) is 34.9. The fourth-order valence-electron chi connectivity index (χ4n) is 2.14. The lowest BCUT2D eigenvalue weighted by Crippen LogP contribution is -2.53. The van der Waals surface area contributed by atoms with Crippen LogP contribution >= 0.6 is 0 Å². The fraction of sp³-hybridized carbons (Fsp3) is 0.462. The number of amides is 1. The van der Waals surface area contributed by atoms with Gasteiger partial charge in [-0.15, -0.1) is 0 Å². The third kappa shape index (κ3) is 3.06. The first-order valence-corrected chi connectivity index (χ1v) is 5.62. The van der Waals surface area contributed by atoms with Crippen molar-refractivity contribution in [2.75, 3.05) is 0 Å². The highest BCUT2D eigenvalue weighted by Gasteiger charge is 2.38. The number of furan rings is 1. The van der Waals surface area contributed by atoms with Gasteiger partial charge in [0.05, 0.1) is 17.7 Å². The van der Waals surface area contributed by atoms with E-state index < -0.39 is 17.4 Å². The first kappa shape index (κ1) is 14.2. The SMILES string of the molecule is CC(=O)C(C(C)=O)C(C)(C)NC(=O)c1ccco1. The molecule has 0 radical (unpaired) electrons. The van der Waals surface area contributed by atoms with E-state index in [1.54, 1.807) is 19.9 Å². The molecule has 1 amide bonds. The minimum atomic E-state index is -0.957. The van der Waals surface area contributed by atoms with Gasteiger partial charge in [0, 0.05) is 0 Å². The summed E-state index contributed by atoms with van der Waals surface area (Å²) >= 11 is 0. The number of rotatable bonds is 5. The van der Waals surface area contributed by atoms with E-state index in [1.807, 2.05) is 0 Å². The van der Waals surface area contributed by atoms with Gasteiger partial charge in [-0.2, -0.15) is 0 Å². The summed E-state index contributed by atoms with van der Waals surface area (Å²) in [5.41, 5.74) is -0.957. The Morgan fingerprint density at radius 1 is 1.22 bits per heavy atom. The van der Waals surface area contributed by atoms with Crippen LogP contribution in [0.15, 0.2) is 22.8 Å². The average Bonchev–Trinajstić information content (AvgIpc) is 2.66. The second-order valence-electron chi connectivity index (χ2n) is 4.81. The van der Waals surface area contributed by atoms with E-state index in [-0.39, 0.29) is 17.3 Å². The lowest BCUT2D eigenvalue weighted by atomic mass is 9.81. The summed E-state index contributed by atoms with van der Waals surface area (Å²) in [6.07, 6.45) is 1.38. The molecule has 1 rings (SSSR count).